The molecule has 3 N–H and O–H groups in total. The lowest BCUT2D eigenvalue weighted by molar-refractivity contribution is -0.384. The maximum Gasteiger partial charge on any atom is 0.321 e. The number of aliphatic carboxylic acids is 1. The minimum Gasteiger partial charge on any atom is -0.480 e. The molecule has 9 nitrogen and oxygen atoms in total. The first-order chi connectivity index (χ1) is 12.4. The Bertz CT molecular complexity index is 816. The van der Waals surface area contributed by atoms with Gasteiger partial charge in [-0.15, -0.1) is 0 Å². The lowest BCUT2D eigenvalue weighted by Gasteiger charge is -2.14. The molecule has 0 aliphatic carbocycles. The van der Waals surface area contributed by atoms with E-state index >= 15 is 0 Å². The summed E-state index contributed by atoms with van der Waals surface area (Å²) < 4.78 is 0. The molecule has 0 bridgehead atoms. The average molecular weight is 379 g/mol. The third kappa shape index (κ3) is 5.50. The number of non-ortho nitro benzene ring substituents is 1. The van der Waals surface area contributed by atoms with Crippen molar-refractivity contribution in [1.29, 1.82) is 0 Å². The van der Waals surface area contributed by atoms with E-state index in [2.05, 4.69) is 15.6 Å². The first-order valence-corrected chi connectivity index (χ1v) is 7.84. The number of nitrogens with one attached hydrogen (secondary N) is 2. The second kappa shape index (κ2) is 8.88. The van der Waals surface area contributed by atoms with E-state index in [0.29, 0.717) is 5.69 Å². The number of benzene rings is 1. The molecule has 1 unspecified atom stereocenters. The number of nitro groups is 1. The van der Waals surface area contributed by atoms with Gasteiger partial charge in [-0.2, -0.15) is 0 Å². The fraction of sp³-hybridized carbons (Fsp3) is 0.188. The van der Waals surface area contributed by atoms with Crippen LogP contribution in [0.3, 0.4) is 0 Å². The van der Waals surface area contributed by atoms with Crippen LogP contribution in [0.25, 0.3) is 0 Å². The summed E-state index contributed by atoms with van der Waals surface area (Å²) in [6.45, 7) is 0.169. The van der Waals surface area contributed by atoms with E-state index in [1.807, 2.05) is 0 Å². The molecule has 0 saturated heterocycles. The lowest BCUT2D eigenvalue weighted by Crippen LogP contribution is -2.39. The maximum absolute atomic E-state index is 12.1. The molecule has 0 saturated carbocycles. The van der Waals surface area contributed by atoms with Crippen LogP contribution in [0, 0.1) is 10.1 Å². The van der Waals surface area contributed by atoms with Gasteiger partial charge >= 0.3 is 5.97 Å². The number of carboxylic acids is 1. The fourth-order valence-corrected chi connectivity index (χ4v) is 2.25. The molecule has 0 radical (unpaired) electrons. The van der Waals surface area contributed by atoms with Crippen molar-refractivity contribution in [1.82, 2.24) is 10.3 Å². The van der Waals surface area contributed by atoms with Crippen LogP contribution >= 0.6 is 11.6 Å². The molecule has 1 heterocycles. The van der Waals surface area contributed by atoms with Crippen molar-refractivity contribution in [2.75, 3.05) is 5.32 Å². The molecule has 1 amide bonds. The summed E-state index contributed by atoms with van der Waals surface area (Å²) >= 11 is 5.91. The van der Waals surface area contributed by atoms with Gasteiger partial charge in [0.05, 0.1) is 27.7 Å². The molecule has 136 valence electrons. The number of hydrogen-bond acceptors (Lipinski definition) is 6. The number of nitrogens with zero attached hydrogens (tertiary/aromatic N) is 2. The first-order valence-electron chi connectivity index (χ1n) is 7.46. The highest BCUT2D eigenvalue weighted by Gasteiger charge is 2.22. The quantitative estimate of drug-likeness (QED) is 0.473. The third-order valence-electron chi connectivity index (χ3n) is 3.38. The minimum absolute atomic E-state index is 0.0414. The molecule has 0 aliphatic heterocycles. The molecule has 26 heavy (non-hydrogen) atoms. The zero-order chi connectivity index (χ0) is 19.1. The average Bonchev–Trinajstić information content (AvgIpc) is 2.61. The van der Waals surface area contributed by atoms with E-state index in [-0.39, 0.29) is 29.4 Å². The highest BCUT2D eigenvalue weighted by Crippen LogP contribution is 2.26. The van der Waals surface area contributed by atoms with Gasteiger partial charge in [0, 0.05) is 24.9 Å². The van der Waals surface area contributed by atoms with Crippen molar-refractivity contribution in [3.63, 3.8) is 0 Å². The summed E-state index contributed by atoms with van der Waals surface area (Å²) in [5.41, 5.74) is 0.424. The molecule has 2 aromatic rings. The number of rotatable bonds is 8. The Morgan fingerprint density at radius 1 is 1.31 bits per heavy atom. The van der Waals surface area contributed by atoms with Crippen molar-refractivity contribution < 1.29 is 19.6 Å². The number of hydrogen-bond donors (Lipinski definition) is 3. The summed E-state index contributed by atoms with van der Waals surface area (Å²) in [6, 6.07) is 7.64. The number of amides is 1. The van der Waals surface area contributed by atoms with Crippen LogP contribution in [-0.2, 0) is 16.1 Å². The van der Waals surface area contributed by atoms with E-state index in [4.69, 9.17) is 11.6 Å². The molecular weight excluding hydrogens is 364 g/mol. The number of aromatic nitrogens is 1. The summed E-state index contributed by atoms with van der Waals surface area (Å²) in [4.78, 5) is 37.7. The molecule has 1 aromatic heterocycles. The van der Waals surface area contributed by atoms with E-state index in [1.54, 1.807) is 24.4 Å². The summed E-state index contributed by atoms with van der Waals surface area (Å²) in [5, 5.41) is 25.3. The Kier molecular flexibility index (Phi) is 6.59. The van der Waals surface area contributed by atoms with Crippen LogP contribution in [0.5, 0.6) is 0 Å². The molecule has 0 fully saturated rings. The highest BCUT2D eigenvalue weighted by molar-refractivity contribution is 6.33. The molecule has 0 aliphatic rings. The van der Waals surface area contributed by atoms with E-state index < -0.39 is 22.8 Å². The second-order valence-electron chi connectivity index (χ2n) is 5.27. The van der Waals surface area contributed by atoms with Crippen molar-refractivity contribution in [2.45, 2.75) is 19.0 Å². The Morgan fingerprint density at radius 2 is 2.08 bits per heavy atom. The molecule has 10 heteroatoms. The van der Waals surface area contributed by atoms with Gasteiger partial charge in [-0.1, -0.05) is 17.7 Å². The maximum atomic E-state index is 12.1. The van der Waals surface area contributed by atoms with E-state index in [0.717, 1.165) is 6.07 Å². The second-order valence-corrected chi connectivity index (χ2v) is 5.67. The Balaban J connectivity index is 2.00. The minimum atomic E-state index is -1.21. The van der Waals surface area contributed by atoms with Gasteiger partial charge in [0.2, 0.25) is 5.91 Å². The Hall–Kier alpha value is -3.04. The van der Waals surface area contributed by atoms with Crippen molar-refractivity contribution >= 4 is 34.9 Å². The number of halogens is 1. The van der Waals surface area contributed by atoms with E-state index in [1.165, 1.54) is 12.1 Å². The van der Waals surface area contributed by atoms with Crippen LogP contribution < -0.4 is 10.6 Å². The zero-order valence-electron chi connectivity index (χ0n) is 13.4. The third-order valence-corrected chi connectivity index (χ3v) is 3.71. The van der Waals surface area contributed by atoms with Crippen LogP contribution in [0.1, 0.15) is 12.1 Å². The summed E-state index contributed by atoms with van der Waals surface area (Å²) in [7, 11) is 0. The van der Waals surface area contributed by atoms with Gasteiger partial charge in [0.15, 0.2) is 0 Å². The lowest BCUT2D eigenvalue weighted by atomic mass is 10.2. The first kappa shape index (κ1) is 19.3. The largest absolute Gasteiger partial charge is 0.480 e. The number of carbonyl (C=O) groups is 2. The topological polar surface area (TPSA) is 134 Å². The standard InChI is InChI=1S/C16H15ClN4O5/c17-12-5-4-11(21(25)26)7-13(12)20-15(22)8-14(16(23)24)19-9-10-3-1-2-6-18-10/h1-7,14,19H,8-9H2,(H,20,22)(H,23,24). The van der Waals surface area contributed by atoms with Gasteiger partial charge in [0.25, 0.3) is 5.69 Å². The van der Waals surface area contributed by atoms with Gasteiger partial charge in [-0.25, -0.2) is 0 Å². The van der Waals surface area contributed by atoms with E-state index in [9.17, 15) is 24.8 Å². The molecule has 1 aromatic carbocycles. The Morgan fingerprint density at radius 3 is 2.69 bits per heavy atom. The van der Waals surface area contributed by atoms with Crippen LogP contribution in [0.2, 0.25) is 5.02 Å². The number of nitro benzene ring substituents is 1. The molecule has 1 atom stereocenters. The van der Waals surface area contributed by atoms with Crippen molar-refractivity contribution in [3.8, 4) is 0 Å². The predicted octanol–water partition coefficient (Wildman–Crippen LogP) is 2.21. The number of anilines is 1. The van der Waals surface area contributed by atoms with Crippen LogP contribution in [-0.4, -0.2) is 32.9 Å². The summed E-state index contributed by atoms with van der Waals surface area (Å²) in [5.74, 6) is -1.85. The Labute approximate surface area is 153 Å². The van der Waals surface area contributed by atoms with Crippen molar-refractivity contribution in [2.24, 2.45) is 0 Å². The van der Waals surface area contributed by atoms with Crippen LogP contribution in [0.15, 0.2) is 42.6 Å². The smallest absolute Gasteiger partial charge is 0.321 e. The normalized spacial score (nSPS) is 11.6. The monoisotopic (exact) mass is 378 g/mol. The summed E-state index contributed by atoms with van der Waals surface area (Å²) in [6.07, 6.45) is 1.19. The number of pyridine rings is 1. The van der Waals surface area contributed by atoms with Gasteiger partial charge in [0.1, 0.15) is 6.04 Å². The fourth-order valence-electron chi connectivity index (χ4n) is 2.09. The molecule has 0 spiro atoms. The highest BCUT2D eigenvalue weighted by atomic mass is 35.5. The van der Waals surface area contributed by atoms with Gasteiger partial charge in [-0.3, -0.25) is 30.0 Å². The van der Waals surface area contributed by atoms with Gasteiger partial charge < -0.3 is 10.4 Å². The number of carboxylic acid groups (broad SMARTS) is 1. The number of carbonyl (C=O) groups excluding carboxylic acids is 1. The van der Waals surface area contributed by atoms with Crippen molar-refractivity contribution in [3.05, 3.63) is 63.4 Å². The molecular formula is C16H15ClN4O5. The molecule has 2 rings (SSSR count). The zero-order valence-corrected chi connectivity index (χ0v) is 14.1. The van der Waals surface area contributed by atoms with Crippen LogP contribution in [0.4, 0.5) is 11.4 Å². The predicted molar refractivity (Wildman–Crippen MR) is 93.9 cm³/mol. The van der Waals surface area contributed by atoms with Gasteiger partial charge in [-0.05, 0) is 18.2 Å². The SMILES string of the molecule is O=C(CC(NCc1ccccn1)C(=O)O)Nc1cc([N+](=O)[O-])ccc1Cl.